The molecule has 0 aliphatic rings. The highest BCUT2D eigenvalue weighted by molar-refractivity contribution is 7.88. The Kier molecular flexibility index (Phi) is 5.02. The number of carbonyl (C=O) groups excluding carboxylic acids is 1. The first kappa shape index (κ1) is 15.6. The van der Waals surface area contributed by atoms with Gasteiger partial charge in [0, 0.05) is 14.1 Å². The molecule has 0 radical (unpaired) electrons. The monoisotopic (exact) mass is 288 g/mol. The van der Waals surface area contributed by atoms with Crippen molar-refractivity contribution in [3.05, 3.63) is 35.6 Å². The number of benzene rings is 1. The van der Waals surface area contributed by atoms with Gasteiger partial charge in [0.15, 0.2) is 0 Å². The Morgan fingerprint density at radius 1 is 1.32 bits per heavy atom. The fraction of sp³-hybridized carbons (Fsp3) is 0.417. The lowest BCUT2D eigenvalue weighted by molar-refractivity contribution is -0.130. The van der Waals surface area contributed by atoms with Crippen molar-refractivity contribution in [3.8, 4) is 0 Å². The normalized spacial score (nSPS) is 13.1. The van der Waals surface area contributed by atoms with E-state index in [0.29, 0.717) is 5.56 Å². The van der Waals surface area contributed by atoms with Crippen LogP contribution < -0.4 is 4.72 Å². The number of nitrogens with one attached hydrogen (secondary N) is 1. The van der Waals surface area contributed by atoms with E-state index in [9.17, 15) is 17.6 Å². The Labute approximate surface area is 112 Å². The van der Waals surface area contributed by atoms with E-state index in [4.69, 9.17) is 0 Å². The van der Waals surface area contributed by atoms with Crippen molar-refractivity contribution in [1.29, 1.82) is 0 Å². The topological polar surface area (TPSA) is 66.5 Å². The van der Waals surface area contributed by atoms with Crippen LogP contribution in [0, 0.1) is 5.82 Å². The van der Waals surface area contributed by atoms with Crippen molar-refractivity contribution < 1.29 is 17.6 Å². The molecule has 0 saturated heterocycles. The first-order chi connectivity index (χ1) is 8.71. The van der Waals surface area contributed by atoms with Crippen LogP contribution in [0.4, 0.5) is 4.39 Å². The number of likely N-dealkylation sites (N-methyl/N-ethyl adjacent to an activating group) is 1. The van der Waals surface area contributed by atoms with Crippen molar-refractivity contribution in [2.24, 2.45) is 0 Å². The molecule has 0 aliphatic heterocycles. The molecule has 5 nitrogen and oxygen atoms in total. The minimum absolute atomic E-state index is 0.293. The van der Waals surface area contributed by atoms with Gasteiger partial charge in [-0.15, -0.1) is 0 Å². The van der Waals surface area contributed by atoms with Gasteiger partial charge < -0.3 is 4.90 Å². The molecule has 0 fully saturated rings. The third-order valence-electron chi connectivity index (χ3n) is 2.44. The minimum atomic E-state index is -3.65. The SMILES string of the molecule is CC(NS(=O)(=O)Cc1ccc(F)cc1)C(=O)N(C)C. The van der Waals surface area contributed by atoms with Gasteiger partial charge in [0.25, 0.3) is 0 Å². The molecule has 0 heterocycles. The highest BCUT2D eigenvalue weighted by Crippen LogP contribution is 2.07. The maximum Gasteiger partial charge on any atom is 0.239 e. The summed E-state index contributed by atoms with van der Waals surface area (Å²) in [7, 11) is -0.548. The van der Waals surface area contributed by atoms with Gasteiger partial charge >= 0.3 is 0 Å². The van der Waals surface area contributed by atoms with Gasteiger partial charge in [-0.2, -0.15) is 0 Å². The molecular weight excluding hydrogens is 271 g/mol. The van der Waals surface area contributed by atoms with E-state index in [1.807, 2.05) is 0 Å². The van der Waals surface area contributed by atoms with Gasteiger partial charge in [0.05, 0.1) is 11.8 Å². The number of nitrogens with zero attached hydrogens (tertiary/aromatic N) is 1. The highest BCUT2D eigenvalue weighted by atomic mass is 32.2. The van der Waals surface area contributed by atoms with Crippen molar-refractivity contribution in [1.82, 2.24) is 9.62 Å². The molecule has 1 aromatic rings. The molecule has 1 unspecified atom stereocenters. The Morgan fingerprint density at radius 2 is 1.84 bits per heavy atom. The first-order valence-corrected chi connectivity index (χ1v) is 7.32. The van der Waals surface area contributed by atoms with E-state index in [1.54, 1.807) is 14.1 Å². The molecule has 0 saturated carbocycles. The van der Waals surface area contributed by atoms with E-state index >= 15 is 0 Å². The van der Waals surface area contributed by atoms with E-state index in [1.165, 1.54) is 36.1 Å². The second kappa shape index (κ2) is 6.12. The lowest BCUT2D eigenvalue weighted by Crippen LogP contribution is -2.44. The van der Waals surface area contributed by atoms with Crippen LogP contribution in [0.5, 0.6) is 0 Å². The summed E-state index contributed by atoms with van der Waals surface area (Å²) in [5.41, 5.74) is 0.457. The van der Waals surface area contributed by atoms with E-state index in [0.717, 1.165) is 0 Å². The quantitative estimate of drug-likeness (QED) is 0.868. The minimum Gasteiger partial charge on any atom is -0.347 e. The van der Waals surface area contributed by atoms with Gasteiger partial charge in [-0.05, 0) is 24.6 Å². The third kappa shape index (κ3) is 4.96. The molecule has 1 aromatic carbocycles. The van der Waals surface area contributed by atoms with Crippen LogP contribution in [-0.2, 0) is 20.6 Å². The highest BCUT2D eigenvalue weighted by Gasteiger charge is 2.21. The van der Waals surface area contributed by atoms with Crippen molar-refractivity contribution in [2.75, 3.05) is 14.1 Å². The van der Waals surface area contributed by atoms with Crippen molar-refractivity contribution in [3.63, 3.8) is 0 Å². The smallest absolute Gasteiger partial charge is 0.239 e. The molecule has 19 heavy (non-hydrogen) atoms. The summed E-state index contributed by atoms with van der Waals surface area (Å²) < 4.78 is 38.7. The standard InChI is InChI=1S/C12H17FN2O3S/c1-9(12(16)15(2)3)14-19(17,18)8-10-4-6-11(13)7-5-10/h4-7,9,14H,8H2,1-3H3. The summed E-state index contributed by atoms with van der Waals surface area (Å²) in [6.07, 6.45) is 0. The predicted octanol–water partition coefficient (Wildman–Crippen LogP) is 0.722. The lowest BCUT2D eigenvalue weighted by atomic mass is 10.2. The van der Waals surface area contributed by atoms with E-state index < -0.39 is 21.9 Å². The Balaban J connectivity index is 2.72. The summed E-state index contributed by atoms with van der Waals surface area (Å²) in [5, 5.41) is 0. The Morgan fingerprint density at radius 3 is 2.32 bits per heavy atom. The molecule has 0 spiro atoms. The van der Waals surface area contributed by atoms with E-state index in [2.05, 4.69) is 4.72 Å². The van der Waals surface area contributed by atoms with Crippen LogP contribution in [0.25, 0.3) is 0 Å². The molecule has 1 rings (SSSR count). The average molecular weight is 288 g/mol. The zero-order valence-corrected chi connectivity index (χ0v) is 11.9. The van der Waals surface area contributed by atoms with Crippen LogP contribution >= 0.6 is 0 Å². The van der Waals surface area contributed by atoms with E-state index in [-0.39, 0.29) is 11.7 Å². The zero-order chi connectivity index (χ0) is 14.6. The Hall–Kier alpha value is -1.47. The first-order valence-electron chi connectivity index (χ1n) is 5.67. The van der Waals surface area contributed by atoms with Crippen LogP contribution in [0.2, 0.25) is 0 Å². The molecule has 7 heteroatoms. The fourth-order valence-electron chi connectivity index (χ4n) is 1.55. The van der Waals surface area contributed by atoms with Gasteiger partial charge in [-0.3, -0.25) is 4.79 Å². The zero-order valence-electron chi connectivity index (χ0n) is 11.1. The van der Waals surface area contributed by atoms with Gasteiger partial charge in [-0.1, -0.05) is 12.1 Å². The molecule has 1 amide bonds. The van der Waals surface area contributed by atoms with Gasteiger partial charge in [0.1, 0.15) is 5.82 Å². The number of sulfonamides is 1. The number of hydrogen-bond donors (Lipinski definition) is 1. The molecule has 0 bridgehead atoms. The molecular formula is C12H17FN2O3S. The van der Waals surface area contributed by atoms with Gasteiger partial charge in [-0.25, -0.2) is 17.5 Å². The largest absolute Gasteiger partial charge is 0.347 e. The summed E-state index contributed by atoms with van der Waals surface area (Å²) in [6.45, 7) is 1.48. The number of halogens is 1. The summed E-state index contributed by atoms with van der Waals surface area (Å²) in [4.78, 5) is 12.9. The molecule has 0 aliphatic carbocycles. The second-order valence-electron chi connectivity index (χ2n) is 4.46. The molecule has 106 valence electrons. The summed E-state index contributed by atoms with van der Waals surface area (Å²) in [5.74, 6) is -1.05. The fourth-order valence-corrected chi connectivity index (χ4v) is 2.90. The number of hydrogen-bond acceptors (Lipinski definition) is 3. The summed E-state index contributed by atoms with van der Waals surface area (Å²) >= 11 is 0. The average Bonchev–Trinajstić information content (AvgIpc) is 2.30. The number of rotatable bonds is 5. The number of carbonyl (C=O) groups is 1. The van der Waals surface area contributed by atoms with Crippen LogP contribution in [0.1, 0.15) is 12.5 Å². The van der Waals surface area contributed by atoms with Gasteiger partial charge in [0.2, 0.25) is 15.9 Å². The Bertz CT molecular complexity index is 541. The second-order valence-corrected chi connectivity index (χ2v) is 6.21. The summed E-state index contributed by atoms with van der Waals surface area (Å²) in [6, 6.07) is 4.35. The van der Waals surface area contributed by atoms with Crippen LogP contribution in [0.3, 0.4) is 0 Å². The third-order valence-corrected chi connectivity index (χ3v) is 3.86. The molecule has 0 aromatic heterocycles. The molecule has 1 atom stereocenters. The maximum absolute atomic E-state index is 12.7. The van der Waals surface area contributed by atoms with Crippen molar-refractivity contribution >= 4 is 15.9 Å². The molecule has 1 N–H and O–H groups in total. The lowest BCUT2D eigenvalue weighted by Gasteiger charge is -2.18. The van der Waals surface area contributed by atoms with Crippen molar-refractivity contribution in [2.45, 2.75) is 18.7 Å². The van der Waals surface area contributed by atoms with Crippen LogP contribution in [-0.4, -0.2) is 39.4 Å². The number of amides is 1. The predicted molar refractivity (Wildman–Crippen MR) is 70.3 cm³/mol. The van der Waals surface area contributed by atoms with Crippen LogP contribution in [0.15, 0.2) is 24.3 Å². The maximum atomic E-state index is 12.7.